The summed E-state index contributed by atoms with van der Waals surface area (Å²) < 4.78 is 5.60. The molecular formula is C11H21NO3. The van der Waals surface area contributed by atoms with Crippen LogP contribution in [0.4, 0.5) is 0 Å². The van der Waals surface area contributed by atoms with Crippen molar-refractivity contribution in [2.24, 2.45) is 5.92 Å². The third-order valence-corrected chi connectivity index (χ3v) is 2.88. The second kappa shape index (κ2) is 6.08. The zero-order valence-corrected chi connectivity index (χ0v) is 9.86. The molecule has 0 atom stereocenters. The summed E-state index contributed by atoms with van der Waals surface area (Å²) in [6.07, 6.45) is 4.23. The highest BCUT2D eigenvalue weighted by molar-refractivity contribution is 5.78. The summed E-state index contributed by atoms with van der Waals surface area (Å²) in [6, 6.07) is 0. The third-order valence-electron chi connectivity index (χ3n) is 2.88. The Morgan fingerprint density at radius 2 is 2.13 bits per heavy atom. The number of carbonyl (C=O) groups is 1. The van der Waals surface area contributed by atoms with Gasteiger partial charge in [0.2, 0.25) is 5.91 Å². The van der Waals surface area contributed by atoms with E-state index in [-0.39, 0.29) is 17.9 Å². The topological polar surface area (TPSA) is 38.8 Å². The first kappa shape index (κ1) is 12.5. The summed E-state index contributed by atoms with van der Waals surface area (Å²) in [4.78, 5) is 16.4. The lowest BCUT2D eigenvalue weighted by molar-refractivity contribution is -0.181. The molecule has 0 aromatic heterocycles. The molecule has 4 nitrogen and oxygen atoms in total. The zero-order valence-electron chi connectivity index (χ0n) is 9.86. The first-order valence-electron chi connectivity index (χ1n) is 5.62. The SMILES string of the molecule is CCCCOC1CC(C(=O)N(C)OC)C1. The second-order valence-corrected chi connectivity index (χ2v) is 4.03. The molecule has 0 spiro atoms. The molecule has 0 aliphatic heterocycles. The van der Waals surface area contributed by atoms with Gasteiger partial charge >= 0.3 is 0 Å². The van der Waals surface area contributed by atoms with Crippen molar-refractivity contribution in [3.05, 3.63) is 0 Å². The molecule has 0 aromatic rings. The highest BCUT2D eigenvalue weighted by Crippen LogP contribution is 2.31. The molecule has 0 N–H and O–H groups in total. The average molecular weight is 215 g/mol. The molecule has 0 radical (unpaired) electrons. The Labute approximate surface area is 91.5 Å². The number of nitrogens with zero attached hydrogens (tertiary/aromatic N) is 1. The molecule has 88 valence electrons. The van der Waals surface area contributed by atoms with Gasteiger partial charge < -0.3 is 4.74 Å². The minimum Gasteiger partial charge on any atom is -0.378 e. The molecule has 1 aliphatic rings. The molecule has 0 bridgehead atoms. The Morgan fingerprint density at radius 1 is 1.47 bits per heavy atom. The zero-order chi connectivity index (χ0) is 11.3. The summed E-state index contributed by atoms with van der Waals surface area (Å²) in [5.74, 6) is 0.161. The molecule has 0 saturated heterocycles. The minimum atomic E-state index is 0.0628. The van der Waals surface area contributed by atoms with Crippen LogP contribution in [0.15, 0.2) is 0 Å². The van der Waals surface area contributed by atoms with E-state index >= 15 is 0 Å². The third kappa shape index (κ3) is 3.47. The van der Waals surface area contributed by atoms with Crippen LogP contribution in [0, 0.1) is 5.92 Å². The van der Waals surface area contributed by atoms with Crippen molar-refractivity contribution in [2.45, 2.75) is 38.7 Å². The van der Waals surface area contributed by atoms with Crippen molar-refractivity contribution in [2.75, 3.05) is 20.8 Å². The number of amides is 1. The Morgan fingerprint density at radius 3 is 2.67 bits per heavy atom. The molecule has 0 heterocycles. The van der Waals surface area contributed by atoms with Crippen LogP contribution in [0.1, 0.15) is 32.6 Å². The van der Waals surface area contributed by atoms with Gasteiger partial charge in [-0.2, -0.15) is 0 Å². The lowest BCUT2D eigenvalue weighted by Gasteiger charge is -2.35. The van der Waals surface area contributed by atoms with Gasteiger partial charge in [-0.15, -0.1) is 0 Å². The lowest BCUT2D eigenvalue weighted by Crippen LogP contribution is -2.42. The van der Waals surface area contributed by atoms with Crippen molar-refractivity contribution in [1.29, 1.82) is 0 Å². The summed E-state index contributed by atoms with van der Waals surface area (Å²) in [6.45, 7) is 2.96. The molecule has 0 aromatic carbocycles. The Bertz CT molecular complexity index is 202. The van der Waals surface area contributed by atoms with Gasteiger partial charge in [0.25, 0.3) is 0 Å². The van der Waals surface area contributed by atoms with Crippen LogP contribution in [-0.2, 0) is 14.4 Å². The van der Waals surface area contributed by atoms with E-state index in [1.54, 1.807) is 7.05 Å². The molecule has 1 fully saturated rings. The van der Waals surface area contributed by atoms with Gasteiger partial charge in [-0.25, -0.2) is 5.06 Å². The quantitative estimate of drug-likeness (QED) is 0.499. The number of hydrogen-bond acceptors (Lipinski definition) is 3. The molecule has 15 heavy (non-hydrogen) atoms. The van der Waals surface area contributed by atoms with Gasteiger partial charge in [-0.1, -0.05) is 13.3 Å². The standard InChI is InChI=1S/C11H21NO3/c1-4-5-6-15-10-7-9(8-10)11(13)12(2)14-3/h9-10H,4-8H2,1-3H3. The maximum Gasteiger partial charge on any atom is 0.249 e. The fourth-order valence-electron chi connectivity index (χ4n) is 1.64. The van der Waals surface area contributed by atoms with Crippen LogP contribution >= 0.6 is 0 Å². The predicted octanol–water partition coefficient (Wildman–Crippen LogP) is 1.60. The summed E-state index contributed by atoms with van der Waals surface area (Å²) >= 11 is 0. The first-order valence-corrected chi connectivity index (χ1v) is 5.62. The number of ether oxygens (including phenoxy) is 1. The van der Waals surface area contributed by atoms with Gasteiger partial charge in [0.1, 0.15) is 0 Å². The molecule has 1 rings (SSSR count). The average Bonchev–Trinajstić information content (AvgIpc) is 2.19. The fraction of sp³-hybridized carbons (Fsp3) is 0.909. The smallest absolute Gasteiger partial charge is 0.249 e. The maximum absolute atomic E-state index is 11.6. The van der Waals surface area contributed by atoms with Crippen molar-refractivity contribution >= 4 is 5.91 Å². The largest absolute Gasteiger partial charge is 0.378 e. The summed E-state index contributed by atoms with van der Waals surface area (Å²) in [7, 11) is 3.15. The van der Waals surface area contributed by atoms with Gasteiger partial charge in [0, 0.05) is 19.6 Å². The predicted molar refractivity (Wildman–Crippen MR) is 57.2 cm³/mol. The number of carbonyl (C=O) groups excluding carboxylic acids is 1. The van der Waals surface area contributed by atoms with E-state index in [0.29, 0.717) is 0 Å². The van der Waals surface area contributed by atoms with E-state index in [1.807, 2.05) is 0 Å². The monoisotopic (exact) mass is 215 g/mol. The first-order chi connectivity index (χ1) is 7.19. The summed E-state index contributed by atoms with van der Waals surface area (Å²) in [5.41, 5.74) is 0. The molecule has 0 unspecified atom stereocenters. The number of rotatable bonds is 6. The Balaban J connectivity index is 2.11. The van der Waals surface area contributed by atoms with Crippen molar-refractivity contribution in [3.63, 3.8) is 0 Å². The van der Waals surface area contributed by atoms with Gasteiger partial charge in [0.15, 0.2) is 0 Å². The number of hydrogen-bond donors (Lipinski definition) is 0. The van der Waals surface area contributed by atoms with Crippen LogP contribution < -0.4 is 0 Å². The number of hydroxylamine groups is 2. The highest BCUT2D eigenvalue weighted by Gasteiger charge is 2.36. The van der Waals surface area contributed by atoms with Crippen molar-refractivity contribution in [1.82, 2.24) is 5.06 Å². The van der Waals surface area contributed by atoms with Crippen molar-refractivity contribution < 1.29 is 14.4 Å². The molecular weight excluding hydrogens is 194 g/mol. The molecule has 1 saturated carbocycles. The minimum absolute atomic E-state index is 0.0628. The molecule has 1 aliphatic carbocycles. The van der Waals surface area contributed by atoms with E-state index in [2.05, 4.69) is 6.92 Å². The molecule has 1 amide bonds. The fourth-order valence-corrected chi connectivity index (χ4v) is 1.64. The Kier molecular flexibility index (Phi) is 5.05. The maximum atomic E-state index is 11.6. The van der Waals surface area contributed by atoms with E-state index in [9.17, 15) is 4.79 Å². The number of unbranched alkanes of at least 4 members (excludes halogenated alkanes) is 1. The van der Waals surface area contributed by atoms with Crippen molar-refractivity contribution in [3.8, 4) is 0 Å². The van der Waals surface area contributed by atoms with E-state index < -0.39 is 0 Å². The normalized spacial score (nSPS) is 24.7. The van der Waals surface area contributed by atoms with Gasteiger partial charge in [-0.3, -0.25) is 9.63 Å². The van der Waals surface area contributed by atoms with Crippen LogP contribution in [0.5, 0.6) is 0 Å². The van der Waals surface area contributed by atoms with E-state index in [4.69, 9.17) is 9.57 Å². The van der Waals surface area contributed by atoms with E-state index in [1.165, 1.54) is 12.2 Å². The van der Waals surface area contributed by atoms with Crippen LogP contribution in [0.25, 0.3) is 0 Å². The van der Waals surface area contributed by atoms with Gasteiger partial charge in [0.05, 0.1) is 13.2 Å². The Hall–Kier alpha value is -0.610. The highest BCUT2D eigenvalue weighted by atomic mass is 16.7. The summed E-state index contributed by atoms with van der Waals surface area (Å²) in [5, 5.41) is 1.30. The lowest BCUT2D eigenvalue weighted by atomic mass is 9.81. The van der Waals surface area contributed by atoms with Crippen LogP contribution in [0.2, 0.25) is 0 Å². The molecule has 4 heteroatoms. The van der Waals surface area contributed by atoms with E-state index in [0.717, 1.165) is 32.3 Å². The second-order valence-electron chi connectivity index (χ2n) is 4.03. The van der Waals surface area contributed by atoms with Crippen LogP contribution in [0.3, 0.4) is 0 Å². The van der Waals surface area contributed by atoms with Crippen LogP contribution in [-0.4, -0.2) is 37.8 Å². The van der Waals surface area contributed by atoms with Gasteiger partial charge in [-0.05, 0) is 19.3 Å².